The van der Waals surface area contributed by atoms with Crippen molar-refractivity contribution in [3.05, 3.63) is 69.4 Å². The molecule has 0 saturated heterocycles. The molecule has 0 saturated carbocycles. The molecule has 0 heterocycles. The van der Waals surface area contributed by atoms with E-state index in [-0.39, 0.29) is 6.42 Å². The van der Waals surface area contributed by atoms with Gasteiger partial charge in [-0.15, -0.1) is 0 Å². The van der Waals surface area contributed by atoms with Crippen LogP contribution in [-0.4, -0.2) is 0 Å². The lowest BCUT2D eigenvalue weighted by atomic mass is 9.98. The Morgan fingerprint density at radius 1 is 1.05 bits per heavy atom. The van der Waals surface area contributed by atoms with Gasteiger partial charge in [-0.1, -0.05) is 34.1 Å². The van der Waals surface area contributed by atoms with E-state index in [9.17, 15) is 17.6 Å². The van der Waals surface area contributed by atoms with E-state index in [1.54, 1.807) is 12.1 Å². The standard InChI is InChI=1S/C15H12BrF4N/c16-12-6-3-10(13(17)8-12)7-14(21)9-1-4-11(5-2-9)15(18,19)20/h1-6,8,14H,7,21H2. The highest BCUT2D eigenvalue weighted by molar-refractivity contribution is 9.10. The van der Waals surface area contributed by atoms with Gasteiger partial charge in [-0.2, -0.15) is 13.2 Å². The summed E-state index contributed by atoms with van der Waals surface area (Å²) < 4.78 is 51.7. The number of rotatable bonds is 3. The van der Waals surface area contributed by atoms with Crippen molar-refractivity contribution in [1.29, 1.82) is 0 Å². The predicted octanol–water partition coefficient (Wildman–Crippen LogP) is 4.85. The minimum Gasteiger partial charge on any atom is -0.324 e. The van der Waals surface area contributed by atoms with Crippen molar-refractivity contribution in [2.24, 2.45) is 5.73 Å². The molecule has 0 spiro atoms. The first-order valence-corrected chi connectivity index (χ1v) is 6.93. The largest absolute Gasteiger partial charge is 0.416 e. The summed E-state index contributed by atoms with van der Waals surface area (Å²) >= 11 is 3.16. The van der Waals surface area contributed by atoms with Crippen LogP contribution in [-0.2, 0) is 12.6 Å². The predicted molar refractivity (Wildman–Crippen MR) is 76.2 cm³/mol. The fourth-order valence-corrected chi connectivity index (χ4v) is 2.29. The Kier molecular flexibility index (Phi) is 4.68. The maximum atomic E-state index is 13.7. The Morgan fingerprint density at radius 2 is 1.67 bits per heavy atom. The van der Waals surface area contributed by atoms with Gasteiger partial charge in [0.15, 0.2) is 0 Å². The first-order valence-electron chi connectivity index (χ1n) is 6.14. The summed E-state index contributed by atoms with van der Waals surface area (Å²) in [4.78, 5) is 0. The summed E-state index contributed by atoms with van der Waals surface area (Å²) in [5, 5.41) is 0. The maximum absolute atomic E-state index is 13.7. The van der Waals surface area contributed by atoms with E-state index in [1.807, 2.05) is 0 Å². The molecule has 2 rings (SSSR count). The second-order valence-corrected chi connectivity index (χ2v) is 5.58. The van der Waals surface area contributed by atoms with Crippen molar-refractivity contribution in [3.8, 4) is 0 Å². The Bertz CT molecular complexity index is 623. The number of hydrogen-bond acceptors (Lipinski definition) is 1. The first-order chi connectivity index (χ1) is 9.77. The van der Waals surface area contributed by atoms with Crippen LogP contribution < -0.4 is 5.73 Å². The molecule has 0 aliphatic rings. The zero-order valence-corrected chi connectivity index (χ0v) is 12.4. The molecular formula is C15H12BrF4N. The van der Waals surface area contributed by atoms with Crippen molar-refractivity contribution in [2.45, 2.75) is 18.6 Å². The molecule has 1 atom stereocenters. The van der Waals surface area contributed by atoms with E-state index >= 15 is 0 Å². The zero-order chi connectivity index (χ0) is 15.6. The summed E-state index contributed by atoms with van der Waals surface area (Å²) in [6.07, 6.45) is -4.16. The lowest BCUT2D eigenvalue weighted by Gasteiger charge is -2.14. The summed E-state index contributed by atoms with van der Waals surface area (Å²) in [6, 6.07) is 8.66. The van der Waals surface area contributed by atoms with Crippen molar-refractivity contribution < 1.29 is 17.6 Å². The minimum atomic E-state index is -4.37. The first kappa shape index (κ1) is 16.0. The molecule has 1 unspecified atom stereocenters. The van der Waals surface area contributed by atoms with E-state index in [2.05, 4.69) is 15.9 Å². The molecule has 0 aliphatic carbocycles. The summed E-state index contributed by atoms with van der Waals surface area (Å²) in [5.74, 6) is -0.397. The Labute approximate surface area is 127 Å². The van der Waals surface area contributed by atoms with Gasteiger partial charge in [0.25, 0.3) is 0 Å². The summed E-state index contributed by atoms with van der Waals surface area (Å²) in [6.45, 7) is 0. The molecule has 2 N–H and O–H groups in total. The van der Waals surface area contributed by atoms with Crippen molar-refractivity contribution in [1.82, 2.24) is 0 Å². The Morgan fingerprint density at radius 3 is 2.19 bits per heavy atom. The van der Waals surface area contributed by atoms with Gasteiger partial charge in [0.05, 0.1) is 5.56 Å². The van der Waals surface area contributed by atoms with Crippen LogP contribution in [0.4, 0.5) is 17.6 Å². The monoisotopic (exact) mass is 361 g/mol. The SMILES string of the molecule is NC(Cc1ccc(Br)cc1F)c1ccc(C(F)(F)F)cc1. The minimum absolute atomic E-state index is 0.213. The molecule has 0 bridgehead atoms. The lowest BCUT2D eigenvalue weighted by molar-refractivity contribution is -0.137. The van der Waals surface area contributed by atoms with Gasteiger partial charge in [0.1, 0.15) is 5.82 Å². The van der Waals surface area contributed by atoms with Gasteiger partial charge in [-0.25, -0.2) is 4.39 Å². The molecule has 0 radical (unpaired) electrons. The number of nitrogens with two attached hydrogens (primary N) is 1. The smallest absolute Gasteiger partial charge is 0.324 e. The van der Waals surface area contributed by atoms with E-state index in [0.717, 1.165) is 12.1 Å². The molecule has 2 aromatic rings. The highest BCUT2D eigenvalue weighted by Crippen LogP contribution is 2.30. The second kappa shape index (κ2) is 6.15. The molecule has 112 valence electrons. The Balaban J connectivity index is 2.15. The van der Waals surface area contributed by atoms with Crippen LogP contribution >= 0.6 is 15.9 Å². The van der Waals surface area contributed by atoms with Crippen LogP contribution in [0.3, 0.4) is 0 Å². The molecule has 0 aromatic heterocycles. The summed E-state index contributed by atoms with van der Waals surface area (Å²) in [7, 11) is 0. The third-order valence-corrected chi connectivity index (χ3v) is 3.61. The van der Waals surface area contributed by atoms with E-state index in [4.69, 9.17) is 5.73 Å². The maximum Gasteiger partial charge on any atom is 0.416 e. The zero-order valence-electron chi connectivity index (χ0n) is 10.8. The van der Waals surface area contributed by atoms with Crippen molar-refractivity contribution in [2.75, 3.05) is 0 Å². The quantitative estimate of drug-likeness (QED) is 0.777. The van der Waals surface area contributed by atoms with Gasteiger partial charge >= 0.3 is 6.18 Å². The topological polar surface area (TPSA) is 26.0 Å². The molecule has 2 aromatic carbocycles. The average molecular weight is 362 g/mol. The molecular weight excluding hydrogens is 350 g/mol. The van der Waals surface area contributed by atoms with Crippen LogP contribution in [0, 0.1) is 5.82 Å². The van der Waals surface area contributed by atoms with Crippen LogP contribution in [0.15, 0.2) is 46.9 Å². The van der Waals surface area contributed by atoms with Crippen LogP contribution in [0.2, 0.25) is 0 Å². The number of alkyl halides is 3. The third-order valence-electron chi connectivity index (χ3n) is 3.12. The highest BCUT2D eigenvalue weighted by atomic mass is 79.9. The van der Waals surface area contributed by atoms with E-state index in [0.29, 0.717) is 15.6 Å². The van der Waals surface area contributed by atoms with Gasteiger partial charge in [-0.3, -0.25) is 0 Å². The normalized spacial score (nSPS) is 13.2. The fourth-order valence-electron chi connectivity index (χ4n) is 1.96. The van der Waals surface area contributed by atoms with Crippen LogP contribution in [0.25, 0.3) is 0 Å². The lowest BCUT2D eigenvalue weighted by Crippen LogP contribution is -2.14. The van der Waals surface area contributed by atoms with Gasteiger partial charge < -0.3 is 5.73 Å². The van der Waals surface area contributed by atoms with Crippen molar-refractivity contribution in [3.63, 3.8) is 0 Å². The highest BCUT2D eigenvalue weighted by Gasteiger charge is 2.30. The molecule has 0 fully saturated rings. The van der Waals surface area contributed by atoms with Gasteiger partial charge in [-0.05, 0) is 41.8 Å². The van der Waals surface area contributed by atoms with Crippen LogP contribution in [0.5, 0.6) is 0 Å². The molecule has 6 heteroatoms. The fraction of sp³-hybridized carbons (Fsp3) is 0.200. The number of hydrogen-bond donors (Lipinski definition) is 1. The molecule has 0 aliphatic heterocycles. The van der Waals surface area contributed by atoms with E-state index < -0.39 is 23.6 Å². The summed E-state index contributed by atoms with van der Waals surface area (Å²) in [5.41, 5.74) is 6.16. The van der Waals surface area contributed by atoms with Gasteiger partial charge in [0, 0.05) is 10.5 Å². The number of benzene rings is 2. The Hall–Kier alpha value is -1.40. The molecule has 0 amide bonds. The van der Waals surface area contributed by atoms with Crippen LogP contribution in [0.1, 0.15) is 22.7 Å². The molecule has 1 nitrogen and oxygen atoms in total. The third kappa shape index (κ3) is 4.04. The number of halogens is 5. The molecule has 21 heavy (non-hydrogen) atoms. The second-order valence-electron chi connectivity index (χ2n) is 4.67. The van der Waals surface area contributed by atoms with E-state index in [1.165, 1.54) is 18.2 Å². The van der Waals surface area contributed by atoms with Crippen molar-refractivity contribution >= 4 is 15.9 Å². The average Bonchev–Trinajstić information content (AvgIpc) is 2.41. The van der Waals surface area contributed by atoms with Gasteiger partial charge in [0.2, 0.25) is 0 Å².